The van der Waals surface area contributed by atoms with E-state index in [1.807, 2.05) is 42.5 Å². The van der Waals surface area contributed by atoms with E-state index < -0.39 is 0 Å². The molecule has 126 valence electrons. The van der Waals surface area contributed by atoms with E-state index >= 15 is 0 Å². The lowest BCUT2D eigenvalue weighted by Crippen LogP contribution is -2.00. The fraction of sp³-hybridized carbons (Fsp3) is 0.318. The zero-order valence-electron chi connectivity index (χ0n) is 14.4. The van der Waals surface area contributed by atoms with Crippen molar-refractivity contribution < 1.29 is 9.53 Å². The van der Waals surface area contributed by atoms with Crippen molar-refractivity contribution in [3.8, 4) is 5.75 Å². The van der Waals surface area contributed by atoms with Crippen molar-refractivity contribution in [2.75, 3.05) is 7.11 Å². The van der Waals surface area contributed by atoms with Gasteiger partial charge in [-0.05, 0) is 48.9 Å². The number of ketones is 1. The molecule has 0 spiro atoms. The Morgan fingerprint density at radius 2 is 1.71 bits per heavy atom. The van der Waals surface area contributed by atoms with E-state index in [1.165, 1.54) is 11.1 Å². The van der Waals surface area contributed by atoms with Gasteiger partial charge in [0, 0.05) is 12.8 Å². The molecule has 0 aliphatic carbocycles. The van der Waals surface area contributed by atoms with Crippen molar-refractivity contribution in [3.63, 3.8) is 0 Å². The van der Waals surface area contributed by atoms with Gasteiger partial charge >= 0.3 is 0 Å². The number of carbonyl (C=O) groups is 1. The summed E-state index contributed by atoms with van der Waals surface area (Å²) in [5.74, 6) is 1.21. The predicted octanol–water partition coefficient (Wildman–Crippen LogP) is 5.47. The molecule has 0 fully saturated rings. The first-order valence-electron chi connectivity index (χ1n) is 8.64. The minimum absolute atomic E-state index is 0.359. The molecule has 2 heteroatoms. The van der Waals surface area contributed by atoms with Crippen molar-refractivity contribution in [2.24, 2.45) is 0 Å². The Kier molecular flexibility index (Phi) is 7.82. The average molecular weight is 322 g/mol. The Morgan fingerprint density at radius 1 is 0.958 bits per heavy atom. The zero-order valence-corrected chi connectivity index (χ0v) is 14.4. The van der Waals surface area contributed by atoms with Crippen molar-refractivity contribution in [3.05, 3.63) is 71.8 Å². The third kappa shape index (κ3) is 6.82. The van der Waals surface area contributed by atoms with E-state index in [-0.39, 0.29) is 0 Å². The number of ether oxygens (including phenoxy) is 1. The van der Waals surface area contributed by atoms with E-state index in [1.54, 1.807) is 7.11 Å². The van der Waals surface area contributed by atoms with Crippen molar-refractivity contribution in [2.45, 2.75) is 38.5 Å². The summed E-state index contributed by atoms with van der Waals surface area (Å²) in [4.78, 5) is 12.0. The van der Waals surface area contributed by atoms with E-state index in [0.29, 0.717) is 18.6 Å². The molecule has 2 rings (SSSR count). The summed E-state index contributed by atoms with van der Waals surface area (Å²) in [7, 11) is 1.66. The third-order valence-corrected chi connectivity index (χ3v) is 4.04. The van der Waals surface area contributed by atoms with Crippen molar-refractivity contribution >= 4 is 11.9 Å². The van der Waals surface area contributed by atoms with E-state index in [4.69, 9.17) is 4.74 Å². The number of hydrogen-bond donors (Lipinski definition) is 0. The molecule has 2 aromatic carbocycles. The highest BCUT2D eigenvalue weighted by Gasteiger charge is 2.03. The number of benzene rings is 2. The molecule has 0 unspecified atom stereocenters. The van der Waals surface area contributed by atoms with Gasteiger partial charge in [-0.3, -0.25) is 4.79 Å². The van der Waals surface area contributed by atoms with Gasteiger partial charge in [-0.2, -0.15) is 0 Å². The van der Waals surface area contributed by atoms with E-state index in [2.05, 4.69) is 24.3 Å². The zero-order chi connectivity index (χ0) is 17.0. The van der Waals surface area contributed by atoms with E-state index in [9.17, 15) is 4.79 Å². The van der Waals surface area contributed by atoms with Crippen LogP contribution in [-0.2, 0) is 11.2 Å². The Balaban J connectivity index is 1.57. The smallest absolute Gasteiger partial charge is 0.133 e. The van der Waals surface area contributed by atoms with E-state index in [0.717, 1.165) is 31.4 Å². The van der Waals surface area contributed by atoms with Crippen LogP contribution in [0.4, 0.5) is 0 Å². The minimum atomic E-state index is 0.359. The van der Waals surface area contributed by atoms with Gasteiger partial charge in [0.2, 0.25) is 0 Å². The minimum Gasteiger partial charge on any atom is -0.497 e. The predicted molar refractivity (Wildman–Crippen MR) is 100 cm³/mol. The molecule has 2 nitrogen and oxygen atoms in total. The van der Waals surface area contributed by atoms with Crippen LogP contribution in [-0.4, -0.2) is 12.9 Å². The molecular formula is C22H26O2. The SMILES string of the molecule is COc1ccc(CCC(=O)CCCC/C=C/c2ccccc2)cc1. The van der Waals surface area contributed by atoms with Crippen LogP contribution in [0.2, 0.25) is 0 Å². The Hall–Kier alpha value is -2.35. The van der Waals surface area contributed by atoms with Gasteiger partial charge in [0.05, 0.1) is 7.11 Å². The van der Waals surface area contributed by atoms with Crippen molar-refractivity contribution in [1.82, 2.24) is 0 Å². The molecule has 0 N–H and O–H groups in total. The number of rotatable bonds is 10. The molecule has 0 heterocycles. The molecule has 24 heavy (non-hydrogen) atoms. The van der Waals surface area contributed by atoms with Crippen LogP contribution in [0, 0.1) is 0 Å². The van der Waals surface area contributed by atoms with Crippen LogP contribution in [0.25, 0.3) is 6.08 Å². The van der Waals surface area contributed by atoms with Gasteiger partial charge < -0.3 is 4.74 Å². The number of unbranched alkanes of at least 4 members (excludes halogenated alkanes) is 2. The Labute approximate surface area is 145 Å². The molecule has 0 radical (unpaired) electrons. The van der Waals surface area contributed by atoms with Crippen LogP contribution < -0.4 is 4.74 Å². The number of hydrogen-bond acceptors (Lipinski definition) is 2. The summed E-state index contributed by atoms with van der Waals surface area (Å²) in [6.45, 7) is 0. The van der Waals surface area contributed by atoms with Crippen molar-refractivity contribution in [1.29, 1.82) is 0 Å². The highest BCUT2D eigenvalue weighted by Crippen LogP contribution is 2.13. The molecule has 0 saturated carbocycles. The van der Waals surface area contributed by atoms with Crippen LogP contribution >= 0.6 is 0 Å². The lowest BCUT2D eigenvalue weighted by molar-refractivity contribution is -0.119. The molecule has 0 aliphatic rings. The van der Waals surface area contributed by atoms with Gasteiger partial charge in [-0.15, -0.1) is 0 Å². The topological polar surface area (TPSA) is 26.3 Å². The second-order valence-corrected chi connectivity index (χ2v) is 5.95. The average Bonchev–Trinajstić information content (AvgIpc) is 2.64. The molecule has 0 aliphatic heterocycles. The number of allylic oxidation sites excluding steroid dienone is 1. The Bertz CT molecular complexity index is 627. The van der Waals surface area contributed by atoms with Crippen LogP contribution in [0.15, 0.2) is 60.7 Å². The number of aryl methyl sites for hydroxylation is 1. The lowest BCUT2D eigenvalue weighted by atomic mass is 10.0. The number of carbonyl (C=O) groups excluding carboxylic acids is 1. The monoisotopic (exact) mass is 322 g/mol. The summed E-state index contributed by atoms with van der Waals surface area (Å²) < 4.78 is 5.14. The lowest BCUT2D eigenvalue weighted by Gasteiger charge is -2.03. The molecule has 2 aromatic rings. The van der Waals surface area contributed by atoms with Crippen LogP contribution in [0.5, 0.6) is 5.75 Å². The summed E-state index contributed by atoms with van der Waals surface area (Å²) in [5.41, 5.74) is 2.42. The van der Waals surface area contributed by atoms with Gasteiger partial charge in [0.15, 0.2) is 0 Å². The fourth-order valence-corrected chi connectivity index (χ4v) is 2.57. The maximum atomic E-state index is 12.0. The number of methoxy groups -OCH3 is 1. The summed E-state index contributed by atoms with van der Waals surface area (Å²) >= 11 is 0. The third-order valence-electron chi connectivity index (χ3n) is 4.04. The van der Waals surface area contributed by atoms with Gasteiger partial charge in [0.1, 0.15) is 11.5 Å². The molecular weight excluding hydrogens is 296 g/mol. The maximum Gasteiger partial charge on any atom is 0.133 e. The highest BCUT2D eigenvalue weighted by atomic mass is 16.5. The van der Waals surface area contributed by atoms with Gasteiger partial charge in [-0.1, -0.05) is 54.6 Å². The molecule has 0 aromatic heterocycles. The summed E-state index contributed by atoms with van der Waals surface area (Å²) in [6.07, 6.45) is 9.54. The largest absolute Gasteiger partial charge is 0.497 e. The van der Waals surface area contributed by atoms with Crippen LogP contribution in [0.1, 0.15) is 43.2 Å². The standard InChI is InChI=1S/C22H26O2/c1-24-22-17-14-20(15-18-22)13-16-21(23)12-8-3-2-5-9-19-10-6-4-7-11-19/h4-7,9-11,14-15,17-18H,2-3,8,12-13,16H2,1H3/b9-5+. The first kappa shape index (κ1) is 18.0. The molecule has 0 atom stereocenters. The molecule has 0 saturated heterocycles. The van der Waals surface area contributed by atoms with Gasteiger partial charge in [0.25, 0.3) is 0 Å². The summed E-state index contributed by atoms with van der Waals surface area (Å²) in [5, 5.41) is 0. The molecule has 0 amide bonds. The normalized spacial score (nSPS) is 10.9. The highest BCUT2D eigenvalue weighted by molar-refractivity contribution is 5.78. The van der Waals surface area contributed by atoms with Gasteiger partial charge in [-0.25, -0.2) is 0 Å². The second kappa shape index (κ2) is 10.4. The fourth-order valence-electron chi connectivity index (χ4n) is 2.57. The molecule has 0 bridgehead atoms. The second-order valence-electron chi connectivity index (χ2n) is 5.95. The first-order valence-corrected chi connectivity index (χ1v) is 8.64. The quantitative estimate of drug-likeness (QED) is 0.542. The first-order chi connectivity index (χ1) is 11.8. The number of Topliss-reactive ketones (excluding diaryl/α,β-unsaturated/α-hetero) is 1. The van der Waals surface area contributed by atoms with Crippen LogP contribution in [0.3, 0.4) is 0 Å². The summed E-state index contributed by atoms with van der Waals surface area (Å²) in [6, 6.07) is 18.2. The maximum absolute atomic E-state index is 12.0. The Morgan fingerprint density at radius 3 is 2.42 bits per heavy atom.